The van der Waals surface area contributed by atoms with Gasteiger partial charge in [0.1, 0.15) is 5.75 Å². The zero-order valence-electron chi connectivity index (χ0n) is 13.5. The maximum Gasteiger partial charge on any atom is 0.224 e. The highest BCUT2D eigenvalue weighted by Crippen LogP contribution is 2.20. The van der Waals surface area contributed by atoms with E-state index in [0.29, 0.717) is 13.0 Å². The lowest BCUT2D eigenvalue weighted by Gasteiger charge is -2.14. The van der Waals surface area contributed by atoms with Crippen molar-refractivity contribution in [3.8, 4) is 5.75 Å². The lowest BCUT2D eigenvalue weighted by Crippen LogP contribution is -2.29. The van der Waals surface area contributed by atoms with E-state index in [0.717, 1.165) is 30.7 Å². The Morgan fingerprint density at radius 1 is 1.26 bits per heavy atom. The SMILES string of the molecule is COc1ccc(CC(=O)NCCn2ncc3c2CCCC3)cc1. The van der Waals surface area contributed by atoms with Crippen LogP contribution in [0.1, 0.15) is 29.7 Å². The molecule has 122 valence electrons. The first kappa shape index (κ1) is 15.6. The van der Waals surface area contributed by atoms with Crippen molar-refractivity contribution in [2.75, 3.05) is 13.7 Å². The number of methoxy groups -OCH3 is 1. The first-order valence-electron chi connectivity index (χ1n) is 8.19. The molecule has 23 heavy (non-hydrogen) atoms. The predicted octanol–water partition coefficient (Wildman–Crippen LogP) is 2.13. The second-order valence-electron chi connectivity index (χ2n) is 5.92. The lowest BCUT2D eigenvalue weighted by molar-refractivity contribution is -0.120. The topological polar surface area (TPSA) is 56.1 Å². The van der Waals surface area contributed by atoms with Crippen molar-refractivity contribution in [1.82, 2.24) is 15.1 Å². The zero-order chi connectivity index (χ0) is 16.1. The number of hydrogen-bond donors (Lipinski definition) is 1. The van der Waals surface area contributed by atoms with E-state index < -0.39 is 0 Å². The Kier molecular flexibility index (Phi) is 4.95. The maximum atomic E-state index is 12.0. The van der Waals surface area contributed by atoms with Crippen molar-refractivity contribution in [1.29, 1.82) is 0 Å². The van der Waals surface area contributed by atoms with Gasteiger partial charge in [-0.2, -0.15) is 5.10 Å². The Hall–Kier alpha value is -2.30. The van der Waals surface area contributed by atoms with E-state index in [1.54, 1.807) is 7.11 Å². The van der Waals surface area contributed by atoms with Crippen LogP contribution in [0.3, 0.4) is 0 Å². The van der Waals surface area contributed by atoms with Gasteiger partial charge in [0.15, 0.2) is 0 Å². The summed E-state index contributed by atoms with van der Waals surface area (Å²) in [5.41, 5.74) is 3.71. The summed E-state index contributed by atoms with van der Waals surface area (Å²) >= 11 is 0. The van der Waals surface area contributed by atoms with Gasteiger partial charge in [0.25, 0.3) is 0 Å². The second-order valence-corrected chi connectivity index (χ2v) is 5.92. The van der Waals surface area contributed by atoms with Crippen molar-refractivity contribution in [3.05, 3.63) is 47.3 Å². The Morgan fingerprint density at radius 3 is 2.83 bits per heavy atom. The molecule has 0 fully saturated rings. The van der Waals surface area contributed by atoms with Crippen LogP contribution in [0.2, 0.25) is 0 Å². The number of fused-ring (bicyclic) bond motifs is 1. The maximum absolute atomic E-state index is 12.0. The molecule has 0 saturated carbocycles. The molecular formula is C18H23N3O2. The molecule has 1 amide bonds. The Labute approximate surface area is 136 Å². The molecule has 1 heterocycles. The van der Waals surface area contributed by atoms with Crippen LogP contribution in [-0.2, 0) is 30.6 Å². The van der Waals surface area contributed by atoms with Gasteiger partial charge in [-0.15, -0.1) is 0 Å². The highest BCUT2D eigenvalue weighted by molar-refractivity contribution is 5.78. The molecule has 1 aliphatic carbocycles. The van der Waals surface area contributed by atoms with Gasteiger partial charge in [0.05, 0.1) is 26.3 Å². The fourth-order valence-corrected chi connectivity index (χ4v) is 3.04. The van der Waals surface area contributed by atoms with E-state index >= 15 is 0 Å². The predicted molar refractivity (Wildman–Crippen MR) is 88.6 cm³/mol. The Balaban J connectivity index is 1.46. The zero-order valence-corrected chi connectivity index (χ0v) is 13.5. The highest BCUT2D eigenvalue weighted by atomic mass is 16.5. The Bertz CT molecular complexity index is 661. The van der Waals surface area contributed by atoms with Gasteiger partial charge in [-0.1, -0.05) is 12.1 Å². The average molecular weight is 313 g/mol. The van der Waals surface area contributed by atoms with E-state index in [2.05, 4.69) is 10.4 Å². The summed E-state index contributed by atoms with van der Waals surface area (Å²) in [6, 6.07) is 7.59. The van der Waals surface area contributed by atoms with Gasteiger partial charge in [0.2, 0.25) is 5.91 Å². The molecule has 5 heteroatoms. The summed E-state index contributed by atoms with van der Waals surface area (Å²) < 4.78 is 7.16. The van der Waals surface area contributed by atoms with Crippen LogP contribution in [0.15, 0.2) is 30.5 Å². The number of aryl methyl sites for hydroxylation is 1. The van der Waals surface area contributed by atoms with E-state index in [-0.39, 0.29) is 5.91 Å². The number of hydrogen-bond acceptors (Lipinski definition) is 3. The second kappa shape index (κ2) is 7.31. The number of carbonyl (C=O) groups excluding carboxylic acids is 1. The number of benzene rings is 1. The van der Waals surface area contributed by atoms with Gasteiger partial charge < -0.3 is 10.1 Å². The minimum absolute atomic E-state index is 0.0381. The van der Waals surface area contributed by atoms with Gasteiger partial charge in [-0.25, -0.2) is 0 Å². The van der Waals surface area contributed by atoms with Crippen LogP contribution in [-0.4, -0.2) is 29.3 Å². The van der Waals surface area contributed by atoms with E-state index in [9.17, 15) is 4.79 Å². The van der Waals surface area contributed by atoms with E-state index in [4.69, 9.17) is 4.74 Å². The monoisotopic (exact) mass is 313 g/mol. The van der Waals surface area contributed by atoms with Crippen LogP contribution in [0, 0.1) is 0 Å². The molecule has 0 saturated heterocycles. The van der Waals surface area contributed by atoms with E-state index in [1.807, 2.05) is 35.1 Å². The van der Waals surface area contributed by atoms with Crippen molar-refractivity contribution in [3.63, 3.8) is 0 Å². The molecule has 3 rings (SSSR count). The third-order valence-electron chi connectivity index (χ3n) is 4.31. The third-order valence-corrected chi connectivity index (χ3v) is 4.31. The number of aromatic nitrogens is 2. The summed E-state index contributed by atoms with van der Waals surface area (Å²) in [6.07, 6.45) is 7.11. The minimum atomic E-state index is 0.0381. The number of nitrogens with one attached hydrogen (secondary N) is 1. The van der Waals surface area contributed by atoms with Gasteiger partial charge in [0, 0.05) is 12.2 Å². The van der Waals surface area contributed by atoms with E-state index in [1.165, 1.54) is 24.1 Å². The minimum Gasteiger partial charge on any atom is -0.497 e. The number of nitrogens with zero attached hydrogens (tertiary/aromatic N) is 2. The quantitative estimate of drug-likeness (QED) is 0.889. The molecule has 0 bridgehead atoms. The van der Waals surface area contributed by atoms with Crippen LogP contribution in [0.5, 0.6) is 5.75 Å². The summed E-state index contributed by atoms with van der Waals surface area (Å²) in [5, 5.41) is 7.42. The van der Waals surface area contributed by atoms with Crippen LogP contribution in [0.4, 0.5) is 0 Å². The smallest absolute Gasteiger partial charge is 0.224 e. The summed E-state index contributed by atoms with van der Waals surface area (Å²) in [4.78, 5) is 12.0. The van der Waals surface area contributed by atoms with Gasteiger partial charge in [-0.3, -0.25) is 9.48 Å². The molecule has 1 aromatic carbocycles. The fraction of sp³-hybridized carbons (Fsp3) is 0.444. The van der Waals surface area contributed by atoms with Crippen LogP contribution >= 0.6 is 0 Å². The first-order chi connectivity index (χ1) is 11.3. The standard InChI is InChI=1S/C18H23N3O2/c1-23-16-8-6-14(7-9-16)12-18(22)19-10-11-21-17-5-3-2-4-15(17)13-20-21/h6-9,13H,2-5,10-12H2,1H3,(H,19,22). The van der Waals surface area contributed by atoms with Crippen LogP contribution in [0.25, 0.3) is 0 Å². The number of ether oxygens (including phenoxy) is 1. The van der Waals surface area contributed by atoms with Crippen molar-refractivity contribution in [2.24, 2.45) is 0 Å². The normalized spacial score (nSPS) is 13.4. The Morgan fingerprint density at radius 2 is 2.04 bits per heavy atom. The highest BCUT2D eigenvalue weighted by Gasteiger charge is 2.14. The van der Waals surface area contributed by atoms with Gasteiger partial charge >= 0.3 is 0 Å². The largest absolute Gasteiger partial charge is 0.497 e. The summed E-state index contributed by atoms with van der Waals surface area (Å²) in [5.74, 6) is 0.841. The average Bonchev–Trinajstić information content (AvgIpc) is 2.99. The van der Waals surface area contributed by atoms with Crippen molar-refractivity contribution in [2.45, 2.75) is 38.6 Å². The molecule has 1 aromatic heterocycles. The van der Waals surface area contributed by atoms with Gasteiger partial charge in [-0.05, 0) is 48.9 Å². The molecule has 0 aliphatic heterocycles. The lowest BCUT2D eigenvalue weighted by atomic mass is 9.98. The molecule has 1 aliphatic rings. The molecule has 2 aromatic rings. The third kappa shape index (κ3) is 3.92. The molecule has 0 spiro atoms. The number of rotatable bonds is 6. The first-order valence-corrected chi connectivity index (χ1v) is 8.19. The molecule has 0 unspecified atom stereocenters. The number of carbonyl (C=O) groups is 1. The van der Waals surface area contributed by atoms with Crippen molar-refractivity contribution < 1.29 is 9.53 Å². The molecule has 0 atom stereocenters. The molecule has 0 radical (unpaired) electrons. The van der Waals surface area contributed by atoms with Crippen LogP contribution < -0.4 is 10.1 Å². The summed E-state index contributed by atoms with van der Waals surface area (Å²) in [6.45, 7) is 1.35. The molecule has 1 N–H and O–H groups in total. The fourth-order valence-electron chi connectivity index (χ4n) is 3.04. The molecular weight excluding hydrogens is 290 g/mol. The molecule has 5 nitrogen and oxygen atoms in total. The van der Waals surface area contributed by atoms with Crippen molar-refractivity contribution >= 4 is 5.91 Å². The summed E-state index contributed by atoms with van der Waals surface area (Å²) in [7, 11) is 1.63. The number of amides is 1.